The fraction of sp³-hybridized carbons (Fsp3) is 0.417. The van der Waals surface area contributed by atoms with Crippen molar-refractivity contribution in [3.05, 3.63) is 63.1 Å². The number of carbonyl (C=O) groups is 2. The number of aryl methyl sites for hydroxylation is 2. The number of hydrogen-bond acceptors (Lipinski definition) is 3. The van der Waals surface area contributed by atoms with Crippen LogP contribution in [-0.2, 0) is 16.1 Å². The molecule has 0 aliphatic carbocycles. The zero-order valence-corrected chi connectivity index (χ0v) is 20.2. The van der Waals surface area contributed by atoms with E-state index >= 15 is 0 Å². The van der Waals surface area contributed by atoms with Gasteiger partial charge >= 0.3 is 0 Å². The summed E-state index contributed by atoms with van der Waals surface area (Å²) in [6.07, 6.45) is 0.790. The summed E-state index contributed by atoms with van der Waals surface area (Å²) in [7, 11) is 0. The van der Waals surface area contributed by atoms with Gasteiger partial charge in [0.2, 0.25) is 5.91 Å². The van der Waals surface area contributed by atoms with Gasteiger partial charge in [0.25, 0.3) is 5.91 Å². The average molecular weight is 465 g/mol. The summed E-state index contributed by atoms with van der Waals surface area (Å²) in [5, 5.41) is 3.81. The van der Waals surface area contributed by atoms with Crippen LogP contribution in [0.3, 0.4) is 0 Å². The summed E-state index contributed by atoms with van der Waals surface area (Å²) < 4.78 is 5.80. The molecule has 0 unspecified atom stereocenters. The predicted octanol–water partition coefficient (Wildman–Crippen LogP) is 5.32. The van der Waals surface area contributed by atoms with Gasteiger partial charge in [0.15, 0.2) is 6.61 Å². The molecule has 2 atom stereocenters. The second-order valence-electron chi connectivity index (χ2n) is 7.77. The Hall–Kier alpha value is -2.24. The van der Waals surface area contributed by atoms with Crippen LogP contribution >= 0.6 is 23.2 Å². The molecule has 0 saturated carbocycles. The molecule has 1 N–H and O–H groups in total. The molecule has 31 heavy (non-hydrogen) atoms. The van der Waals surface area contributed by atoms with Crippen LogP contribution in [0.5, 0.6) is 5.75 Å². The summed E-state index contributed by atoms with van der Waals surface area (Å²) >= 11 is 12.7. The van der Waals surface area contributed by atoms with Crippen molar-refractivity contribution in [2.24, 2.45) is 0 Å². The quantitative estimate of drug-likeness (QED) is 0.545. The maximum atomic E-state index is 13.2. The Kier molecular flexibility index (Phi) is 9.20. The number of benzene rings is 2. The minimum atomic E-state index is -0.726. The van der Waals surface area contributed by atoms with E-state index in [-0.39, 0.29) is 31.0 Å². The minimum Gasteiger partial charge on any atom is -0.483 e. The number of nitrogens with one attached hydrogen (secondary N) is 1. The number of carbonyl (C=O) groups excluding carboxylic acids is 2. The fourth-order valence-corrected chi connectivity index (χ4v) is 3.50. The fourth-order valence-electron chi connectivity index (χ4n) is 2.99. The first-order valence-electron chi connectivity index (χ1n) is 10.4. The Morgan fingerprint density at radius 1 is 1.10 bits per heavy atom. The van der Waals surface area contributed by atoms with Crippen molar-refractivity contribution >= 4 is 35.0 Å². The standard InChI is InChI=1S/C24H30Cl2N2O3/c1-6-17(4)27-24(30)18(5)28(13-19-20(25)8-7-9-21(19)26)23(29)14-31-22-12-15(2)10-11-16(22)3/h7-12,17-18H,6,13-14H2,1-5H3,(H,27,30)/t17-,18-/m0/s1. The van der Waals surface area contributed by atoms with E-state index in [1.807, 2.05) is 45.9 Å². The molecule has 0 bridgehead atoms. The lowest BCUT2D eigenvalue weighted by Gasteiger charge is -2.30. The second kappa shape index (κ2) is 11.4. The van der Waals surface area contributed by atoms with Gasteiger partial charge in [-0.3, -0.25) is 9.59 Å². The molecule has 0 aliphatic rings. The van der Waals surface area contributed by atoms with Gasteiger partial charge in [-0.1, -0.05) is 48.3 Å². The number of halogens is 2. The summed E-state index contributed by atoms with van der Waals surface area (Å²) in [6, 6.07) is 10.2. The largest absolute Gasteiger partial charge is 0.483 e. The van der Waals surface area contributed by atoms with Crippen LogP contribution in [0.15, 0.2) is 36.4 Å². The summed E-state index contributed by atoms with van der Waals surface area (Å²) in [6.45, 7) is 9.38. The number of rotatable bonds is 9. The van der Waals surface area contributed by atoms with E-state index in [0.717, 1.165) is 17.5 Å². The molecule has 0 spiro atoms. The van der Waals surface area contributed by atoms with Gasteiger partial charge in [0, 0.05) is 28.2 Å². The molecule has 0 saturated heterocycles. The van der Waals surface area contributed by atoms with Gasteiger partial charge in [-0.05, 0) is 63.4 Å². The lowest BCUT2D eigenvalue weighted by molar-refractivity contribution is -0.142. The molecule has 0 heterocycles. The smallest absolute Gasteiger partial charge is 0.261 e. The summed E-state index contributed by atoms with van der Waals surface area (Å²) in [5.74, 6) is 0.0714. The Bertz CT molecular complexity index is 913. The molecule has 0 radical (unpaired) electrons. The van der Waals surface area contributed by atoms with E-state index < -0.39 is 6.04 Å². The van der Waals surface area contributed by atoms with Crippen LogP contribution in [0.1, 0.15) is 43.9 Å². The second-order valence-corrected chi connectivity index (χ2v) is 8.59. The summed E-state index contributed by atoms with van der Waals surface area (Å²) in [5.41, 5.74) is 2.56. The topological polar surface area (TPSA) is 58.6 Å². The highest BCUT2D eigenvalue weighted by Crippen LogP contribution is 2.27. The van der Waals surface area contributed by atoms with Gasteiger partial charge in [0.1, 0.15) is 11.8 Å². The molecule has 0 aliphatic heterocycles. The third-order valence-electron chi connectivity index (χ3n) is 5.25. The molecule has 5 nitrogen and oxygen atoms in total. The molecule has 2 aromatic carbocycles. The highest BCUT2D eigenvalue weighted by Gasteiger charge is 2.28. The van der Waals surface area contributed by atoms with Crippen molar-refractivity contribution in [1.29, 1.82) is 0 Å². The molecule has 168 valence electrons. The van der Waals surface area contributed by atoms with Crippen LogP contribution in [0.4, 0.5) is 0 Å². The number of nitrogens with zero attached hydrogens (tertiary/aromatic N) is 1. The molecule has 0 aromatic heterocycles. The highest BCUT2D eigenvalue weighted by atomic mass is 35.5. The first-order valence-corrected chi connectivity index (χ1v) is 11.1. The molecule has 7 heteroatoms. The molecule has 2 aromatic rings. The molecule has 2 rings (SSSR count). The maximum Gasteiger partial charge on any atom is 0.261 e. The van der Waals surface area contributed by atoms with Gasteiger partial charge in [0.05, 0.1) is 0 Å². The van der Waals surface area contributed by atoms with E-state index in [2.05, 4.69) is 5.32 Å². The Labute approximate surface area is 194 Å². The van der Waals surface area contributed by atoms with E-state index in [0.29, 0.717) is 21.4 Å². The average Bonchev–Trinajstić information content (AvgIpc) is 2.73. The highest BCUT2D eigenvalue weighted by molar-refractivity contribution is 6.36. The third-order valence-corrected chi connectivity index (χ3v) is 5.96. The van der Waals surface area contributed by atoms with Gasteiger partial charge in [-0.15, -0.1) is 0 Å². The maximum absolute atomic E-state index is 13.2. The molecule has 2 amide bonds. The third kappa shape index (κ3) is 6.88. The van der Waals surface area contributed by atoms with Crippen LogP contribution in [0.25, 0.3) is 0 Å². The van der Waals surface area contributed by atoms with Crippen molar-refractivity contribution in [3.63, 3.8) is 0 Å². The van der Waals surface area contributed by atoms with Crippen molar-refractivity contribution in [2.75, 3.05) is 6.61 Å². The molecular weight excluding hydrogens is 435 g/mol. The normalized spacial score (nSPS) is 12.7. The van der Waals surface area contributed by atoms with E-state index in [4.69, 9.17) is 27.9 Å². The van der Waals surface area contributed by atoms with Crippen LogP contribution in [0, 0.1) is 13.8 Å². The minimum absolute atomic E-state index is 0.00185. The number of hydrogen-bond donors (Lipinski definition) is 1. The van der Waals surface area contributed by atoms with Crippen molar-refractivity contribution in [1.82, 2.24) is 10.2 Å². The van der Waals surface area contributed by atoms with Gasteiger partial charge in [-0.25, -0.2) is 0 Å². The zero-order valence-electron chi connectivity index (χ0n) is 18.7. The molecule has 0 fully saturated rings. The Morgan fingerprint density at radius 3 is 2.35 bits per heavy atom. The van der Waals surface area contributed by atoms with E-state index in [9.17, 15) is 9.59 Å². The van der Waals surface area contributed by atoms with Crippen LogP contribution in [0.2, 0.25) is 10.0 Å². The van der Waals surface area contributed by atoms with E-state index in [1.165, 1.54) is 4.90 Å². The first-order chi connectivity index (χ1) is 14.6. The summed E-state index contributed by atoms with van der Waals surface area (Å²) in [4.78, 5) is 27.4. The lowest BCUT2D eigenvalue weighted by Crippen LogP contribution is -2.50. The monoisotopic (exact) mass is 464 g/mol. The Morgan fingerprint density at radius 2 is 1.74 bits per heavy atom. The molecular formula is C24H30Cl2N2O3. The van der Waals surface area contributed by atoms with Crippen molar-refractivity contribution < 1.29 is 14.3 Å². The van der Waals surface area contributed by atoms with Crippen molar-refractivity contribution in [2.45, 2.75) is 59.7 Å². The zero-order chi connectivity index (χ0) is 23.1. The predicted molar refractivity (Wildman–Crippen MR) is 126 cm³/mol. The lowest BCUT2D eigenvalue weighted by atomic mass is 10.1. The van der Waals surface area contributed by atoms with Crippen LogP contribution in [-0.4, -0.2) is 35.4 Å². The van der Waals surface area contributed by atoms with Gasteiger partial charge < -0.3 is 15.0 Å². The van der Waals surface area contributed by atoms with E-state index in [1.54, 1.807) is 25.1 Å². The van der Waals surface area contributed by atoms with Gasteiger partial charge in [-0.2, -0.15) is 0 Å². The number of ether oxygens (including phenoxy) is 1. The SMILES string of the molecule is CC[C@H](C)NC(=O)[C@H](C)N(Cc1c(Cl)cccc1Cl)C(=O)COc1cc(C)ccc1C. The van der Waals surface area contributed by atoms with Crippen LogP contribution < -0.4 is 10.1 Å². The van der Waals surface area contributed by atoms with Crippen molar-refractivity contribution in [3.8, 4) is 5.75 Å². The number of amides is 2. The first kappa shape index (κ1) is 25.0. The Balaban J connectivity index is 2.26.